The van der Waals surface area contributed by atoms with Crippen molar-refractivity contribution in [1.29, 1.82) is 0 Å². The number of phenols is 1. The standard InChI is InChI=1S/C12H11AsN2O2/c1-3-4-7-8-6-14-12(13)15-9(8)5-10(17-2)11(7)16/h3,5-6,16H,1,4H2,2H3. The van der Waals surface area contributed by atoms with E-state index in [-0.39, 0.29) is 5.75 Å². The van der Waals surface area contributed by atoms with Crippen LogP contribution >= 0.6 is 0 Å². The molecule has 0 bridgehead atoms. The third kappa shape index (κ3) is 2.13. The summed E-state index contributed by atoms with van der Waals surface area (Å²) in [7, 11) is 1.52. The van der Waals surface area contributed by atoms with Gasteiger partial charge in [0.15, 0.2) is 0 Å². The molecule has 0 aliphatic heterocycles. The molecule has 1 aromatic carbocycles. The van der Waals surface area contributed by atoms with Crippen LogP contribution in [0.2, 0.25) is 0 Å². The molecular weight excluding hydrogens is 279 g/mol. The molecule has 2 rings (SSSR count). The molecule has 0 unspecified atom stereocenters. The molecule has 0 amide bonds. The van der Waals surface area contributed by atoms with Crippen LogP contribution in [0.15, 0.2) is 24.9 Å². The van der Waals surface area contributed by atoms with E-state index in [1.165, 1.54) is 7.11 Å². The van der Waals surface area contributed by atoms with E-state index in [1.54, 1.807) is 18.3 Å². The van der Waals surface area contributed by atoms with E-state index in [9.17, 15) is 5.11 Å². The number of ether oxygens (including phenoxy) is 1. The molecule has 86 valence electrons. The second-order valence-corrected chi connectivity index (χ2v) is 4.34. The van der Waals surface area contributed by atoms with Crippen LogP contribution in [0, 0.1) is 0 Å². The maximum absolute atomic E-state index is 10.1. The number of rotatable bonds is 3. The zero-order valence-electron chi connectivity index (χ0n) is 9.34. The molecule has 0 spiro atoms. The summed E-state index contributed by atoms with van der Waals surface area (Å²) in [6.45, 7) is 3.68. The summed E-state index contributed by atoms with van der Waals surface area (Å²) in [6, 6.07) is 1.70. The van der Waals surface area contributed by atoms with E-state index in [0.29, 0.717) is 16.8 Å². The molecular formula is C12H11AsN2O2. The van der Waals surface area contributed by atoms with Gasteiger partial charge >= 0.3 is 108 Å². The molecule has 4 nitrogen and oxygen atoms in total. The fraction of sp³-hybridized carbons (Fsp3) is 0.167. The van der Waals surface area contributed by atoms with Crippen molar-refractivity contribution in [2.24, 2.45) is 0 Å². The number of aromatic nitrogens is 2. The van der Waals surface area contributed by atoms with Crippen molar-refractivity contribution < 1.29 is 9.84 Å². The van der Waals surface area contributed by atoms with Crippen LogP contribution < -0.4 is 9.35 Å². The van der Waals surface area contributed by atoms with Crippen LogP contribution in [0.4, 0.5) is 0 Å². The minimum absolute atomic E-state index is 0.127. The summed E-state index contributed by atoms with van der Waals surface area (Å²) in [5.41, 5.74) is 1.49. The van der Waals surface area contributed by atoms with Crippen LogP contribution in [0.1, 0.15) is 5.56 Å². The van der Waals surface area contributed by atoms with Crippen molar-refractivity contribution in [3.8, 4) is 11.5 Å². The van der Waals surface area contributed by atoms with Crippen LogP contribution in [0.5, 0.6) is 11.5 Å². The monoisotopic (exact) mass is 290 g/mol. The van der Waals surface area contributed by atoms with E-state index < -0.39 is 0 Å². The summed E-state index contributed by atoms with van der Waals surface area (Å²) in [5, 5.41) is 10.9. The van der Waals surface area contributed by atoms with Gasteiger partial charge in [-0.3, -0.25) is 0 Å². The molecule has 5 heteroatoms. The second kappa shape index (κ2) is 4.76. The Bertz CT molecular complexity index is 584. The predicted molar refractivity (Wildman–Crippen MR) is 67.0 cm³/mol. The number of fused-ring (bicyclic) bond motifs is 1. The average Bonchev–Trinajstić information content (AvgIpc) is 2.32. The Balaban J connectivity index is 2.81. The summed E-state index contributed by atoms with van der Waals surface area (Å²) in [6.07, 6.45) is 3.97. The summed E-state index contributed by atoms with van der Waals surface area (Å²) < 4.78 is 5.76. The number of aromatic hydroxyl groups is 1. The molecule has 0 fully saturated rings. The topological polar surface area (TPSA) is 55.2 Å². The number of benzene rings is 1. The van der Waals surface area contributed by atoms with Gasteiger partial charge in [-0.2, -0.15) is 0 Å². The van der Waals surface area contributed by atoms with Gasteiger partial charge in [0.1, 0.15) is 0 Å². The van der Waals surface area contributed by atoms with Gasteiger partial charge in [0.05, 0.1) is 0 Å². The minimum atomic E-state index is 0.127. The SMILES string of the molecule is C=CCc1c(O)c(OC)cc2nc([As])ncc12. The van der Waals surface area contributed by atoms with E-state index in [4.69, 9.17) is 4.74 Å². The normalized spacial score (nSPS) is 10.5. The van der Waals surface area contributed by atoms with E-state index >= 15 is 0 Å². The van der Waals surface area contributed by atoms with Gasteiger partial charge in [0.2, 0.25) is 0 Å². The number of methoxy groups -OCH3 is 1. The second-order valence-electron chi connectivity index (χ2n) is 3.50. The third-order valence-corrected chi connectivity index (χ3v) is 2.94. The first-order valence-electron chi connectivity index (χ1n) is 5.02. The number of allylic oxidation sites excluding steroid dienone is 1. The molecule has 0 aliphatic carbocycles. The van der Waals surface area contributed by atoms with Crippen LogP contribution in [-0.4, -0.2) is 39.0 Å². The zero-order valence-corrected chi connectivity index (χ0v) is 11.2. The van der Waals surface area contributed by atoms with Crippen molar-refractivity contribution >= 4 is 32.4 Å². The van der Waals surface area contributed by atoms with Gasteiger partial charge in [-0.05, 0) is 0 Å². The molecule has 0 saturated heterocycles. The van der Waals surface area contributed by atoms with Crippen molar-refractivity contribution in [2.75, 3.05) is 7.11 Å². The third-order valence-electron chi connectivity index (χ3n) is 2.49. The van der Waals surface area contributed by atoms with Gasteiger partial charge in [0.25, 0.3) is 0 Å². The van der Waals surface area contributed by atoms with Gasteiger partial charge in [0, 0.05) is 0 Å². The number of hydrogen-bond donors (Lipinski definition) is 1. The summed E-state index contributed by atoms with van der Waals surface area (Å²) in [5.74, 6) is 0.543. The van der Waals surface area contributed by atoms with Crippen molar-refractivity contribution in [3.05, 3.63) is 30.5 Å². The van der Waals surface area contributed by atoms with Crippen LogP contribution in [0.25, 0.3) is 10.9 Å². The quantitative estimate of drug-likeness (QED) is 0.673. The number of hydrogen-bond acceptors (Lipinski definition) is 4. The van der Waals surface area contributed by atoms with Gasteiger partial charge in [-0.15, -0.1) is 0 Å². The van der Waals surface area contributed by atoms with Crippen LogP contribution in [-0.2, 0) is 6.42 Å². The molecule has 1 N–H and O–H groups in total. The van der Waals surface area contributed by atoms with Crippen molar-refractivity contribution in [1.82, 2.24) is 9.97 Å². The molecule has 1 heterocycles. The zero-order chi connectivity index (χ0) is 12.4. The molecule has 2 radical (unpaired) electrons. The average molecular weight is 290 g/mol. The van der Waals surface area contributed by atoms with Gasteiger partial charge in [-0.1, -0.05) is 0 Å². The Morgan fingerprint density at radius 2 is 2.35 bits per heavy atom. The first kappa shape index (κ1) is 11.9. The molecule has 1 aromatic heterocycles. The Kier molecular flexibility index (Phi) is 3.34. The van der Waals surface area contributed by atoms with E-state index in [1.807, 2.05) is 0 Å². The number of phenolic OH excluding ortho intramolecular Hbond substituents is 1. The van der Waals surface area contributed by atoms with Gasteiger partial charge < -0.3 is 0 Å². The molecule has 0 aliphatic rings. The molecule has 17 heavy (non-hydrogen) atoms. The Morgan fingerprint density at radius 1 is 1.59 bits per heavy atom. The predicted octanol–water partition coefficient (Wildman–Crippen LogP) is 0.866. The van der Waals surface area contributed by atoms with Gasteiger partial charge in [-0.25, -0.2) is 0 Å². The Morgan fingerprint density at radius 3 is 3.00 bits per heavy atom. The molecule has 0 saturated carbocycles. The van der Waals surface area contributed by atoms with E-state index in [2.05, 4.69) is 33.4 Å². The van der Waals surface area contributed by atoms with Crippen molar-refractivity contribution in [2.45, 2.75) is 6.42 Å². The number of nitrogens with zero attached hydrogens (tertiary/aromatic N) is 2. The summed E-state index contributed by atoms with van der Waals surface area (Å²) in [4.78, 5) is 8.43. The maximum atomic E-state index is 10.1. The fourth-order valence-corrected chi connectivity index (χ4v) is 2.05. The Labute approximate surface area is 108 Å². The van der Waals surface area contributed by atoms with Crippen molar-refractivity contribution in [3.63, 3.8) is 0 Å². The first-order valence-corrected chi connectivity index (χ1v) is 5.96. The van der Waals surface area contributed by atoms with E-state index in [0.717, 1.165) is 16.5 Å². The van der Waals surface area contributed by atoms with Crippen LogP contribution in [0.3, 0.4) is 0 Å². The molecule has 0 atom stereocenters. The molecule has 2 aromatic rings. The first-order chi connectivity index (χ1) is 8.17. The summed E-state index contributed by atoms with van der Waals surface area (Å²) >= 11 is 2.29. The fourth-order valence-electron chi connectivity index (χ4n) is 1.70. The Hall–Kier alpha value is -1.54.